The van der Waals surface area contributed by atoms with Crippen molar-refractivity contribution in [2.45, 2.75) is 13.5 Å². The number of hydrogen-bond acceptors (Lipinski definition) is 2. The molecular formula is C12H10Cl2N2O2. The zero-order valence-electron chi connectivity index (χ0n) is 9.54. The molecule has 2 aromatic rings. The highest BCUT2D eigenvalue weighted by molar-refractivity contribution is 6.35. The number of nitrogens with zero attached hydrogens (tertiary/aromatic N) is 1. The van der Waals surface area contributed by atoms with Gasteiger partial charge in [-0.1, -0.05) is 29.3 Å². The lowest BCUT2D eigenvalue weighted by molar-refractivity contribution is 0.714. The van der Waals surface area contributed by atoms with E-state index in [-0.39, 0.29) is 12.1 Å². The lowest BCUT2D eigenvalue weighted by Crippen LogP contribution is -2.31. The number of aromatic nitrogens is 2. The molecule has 0 aliphatic rings. The molecule has 4 nitrogen and oxygen atoms in total. The Kier molecular flexibility index (Phi) is 3.59. The van der Waals surface area contributed by atoms with E-state index in [1.165, 1.54) is 10.8 Å². The van der Waals surface area contributed by atoms with Crippen LogP contribution in [0.2, 0.25) is 10.0 Å². The maximum absolute atomic E-state index is 11.6. The van der Waals surface area contributed by atoms with Crippen LogP contribution in [0.4, 0.5) is 0 Å². The summed E-state index contributed by atoms with van der Waals surface area (Å²) in [5.74, 6) is 0. The van der Waals surface area contributed by atoms with Crippen LogP contribution in [0, 0.1) is 6.92 Å². The van der Waals surface area contributed by atoms with Gasteiger partial charge in [0.05, 0.1) is 6.54 Å². The molecule has 6 heteroatoms. The minimum atomic E-state index is -0.461. The van der Waals surface area contributed by atoms with E-state index in [1.807, 2.05) is 0 Å². The molecule has 2 rings (SSSR count). The first-order valence-electron chi connectivity index (χ1n) is 5.21. The Labute approximate surface area is 113 Å². The van der Waals surface area contributed by atoms with E-state index < -0.39 is 5.69 Å². The average molecular weight is 285 g/mol. The van der Waals surface area contributed by atoms with Gasteiger partial charge in [-0.05, 0) is 24.6 Å². The van der Waals surface area contributed by atoms with Crippen LogP contribution < -0.4 is 11.2 Å². The maximum Gasteiger partial charge on any atom is 0.328 e. The molecular weight excluding hydrogens is 275 g/mol. The van der Waals surface area contributed by atoms with Crippen LogP contribution in [-0.4, -0.2) is 9.55 Å². The third kappa shape index (κ3) is 2.66. The van der Waals surface area contributed by atoms with Gasteiger partial charge >= 0.3 is 5.69 Å². The van der Waals surface area contributed by atoms with Crippen molar-refractivity contribution < 1.29 is 0 Å². The normalized spacial score (nSPS) is 10.6. The Morgan fingerprint density at radius 2 is 2.00 bits per heavy atom. The molecule has 0 amide bonds. The van der Waals surface area contributed by atoms with Crippen molar-refractivity contribution >= 4 is 23.2 Å². The molecule has 1 aromatic carbocycles. The van der Waals surface area contributed by atoms with Crippen molar-refractivity contribution in [2.75, 3.05) is 0 Å². The monoisotopic (exact) mass is 284 g/mol. The molecule has 0 fully saturated rings. The van der Waals surface area contributed by atoms with Crippen molar-refractivity contribution in [1.82, 2.24) is 9.55 Å². The second kappa shape index (κ2) is 5.00. The van der Waals surface area contributed by atoms with E-state index in [1.54, 1.807) is 25.1 Å². The first-order chi connectivity index (χ1) is 8.47. The van der Waals surface area contributed by atoms with E-state index in [4.69, 9.17) is 23.2 Å². The summed E-state index contributed by atoms with van der Waals surface area (Å²) < 4.78 is 1.39. The van der Waals surface area contributed by atoms with Crippen LogP contribution in [-0.2, 0) is 6.54 Å². The molecule has 0 radical (unpaired) electrons. The fourth-order valence-corrected chi connectivity index (χ4v) is 2.04. The molecule has 0 aliphatic heterocycles. The Hall–Kier alpha value is -1.52. The Morgan fingerprint density at radius 3 is 2.67 bits per heavy atom. The topological polar surface area (TPSA) is 54.9 Å². The SMILES string of the molecule is Cc1cn(Cc2ccc(Cl)cc2Cl)c(=O)[nH]c1=O. The summed E-state index contributed by atoms with van der Waals surface area (Å²) in [6.07, 6.45) is 1.51. The molecule has 1 heterocycles. The first kappa shape index (κ1) is 12.9. The molecule has 0 bridgehead atoms. The summed E-state index contributed by atoms with van der Waals surface area (Å²) in [5, 5.41) is 1.02. The Morgan fingerprint density at radius 1 is 1.28 bits per heavy atom. The highest BCUT2D eigenvalue weighted by Crippen LogP contribution is 2.21. The zero-order valence-corrected chi connectivity index (χ0v) is 11.0. The van der Waals surface area contributed by atoms with Crippen LogP contribution in [0.1, 0.15) is 11.1 Å². The predicted octanol–water partition coefficient (Wildman–Crippen LogP) is 2.20. The van der Waals surface area contributed by atoms with Gasteiger partial charge in [0.25, 0.3) is 5.56 Å². The molecule has 0 unspecified atom stereocenters. The van der Waals surface area contributed by atoms with E-state index in [2.05, 4.69) is 4.98 Å². The van der Waals surface area contributed by atoms with Gasteiger partial charge in [0.1, 0.15) is 0 Å². The number of H-pyrrole nitrogens is 1. The molecule has 0 saturated carbocycles. The lowest BCUT2D eigenvalue weighted by Gasteiger charge is -2.08. The summed E-state index contributed by atoms with van der Waals surface area (Å²) >= 11 is 11.8. The van der Waals surface area contributed by atoms with Gasteiger partial charge in [0, 0.05) is 21.8 Å². The van der Waals surface area contributed by atoms with Crippen molar-refractivity contribution in [3.63, 3.8) is 0 Å². The van der Waals surface area contributed by atoms with E-state index in [9.17, 15) is 9.59 Å². The number of nitrogens with one attached hydrogen (secondary N) is 1. The molecule has 18 heavy (non-hydrogen) atoms. The molecule has 0 saturated heterocycles. The molecule has 0 atom stereocenters. The minimum Gasteiger partial charge on any atom is -0.296 e. The summed E-state index contributed by atoms with van der Waals surface area (Å²) in [6.45, 7) is 1.92. The quantitative estimate of drug-likeness (QED) is 0.919. The summed E-state index contributed by atoms with van der Waals surface area (Å²) in [5.41, 5.74) is 0.393. The average Bonchev–Trinajstić information content (AvgIpc) is 2.29. The standard InChI is InChI=1S/C12H10Cl2N2O2/c1-7-5-16(12(18)15-11(7)17)6-8-2-3-9(13)4-10(8)14/h2-5H,6H2,1H3,(H,15,17,18). The Bertz CT molecular complexity index is 704. The van der Waals surface area contributed by atoms with Crippen molar-refractivity contribution in [3.05, 3.63) is 66.4 Å². The van der Waals surface area contributed by atoms with Crippen LogP contribution in [0.5, 0.6) is 0 Å². The lowest BCUT2D eigenvalue weighted by atomic mass is 10.2. The third-order valence-electron chi connectivity index (χ3n) is 2.54. The molecule has 1 aromatic heterocycles. The fourth-order valence-electron chi connectivity index (χ4n) is 1.57. The second-order valence-electron chi connectivity index (χ2n) is 3.94. The molecule has 1 N–H and O–H groups in total. The highest BCUT2D eigenvalue weighted by atomic mass is 35.5. The van der Waals surface area contributed by atoms with Gasteiger partial charge in [-0.3, -0.25) is 14.3 Å². The van der Waals surface area contributed by atoms with Gasteiger partial charge < -0.3 is 0 Å². The maximum atomic E-state index is 11.6. The number of benzene rings is 1. The van der Waals surface area contributed by atoms with Crippen molar-refractivity contribution in [3.8, 4) is 0 Å². The van der Waals surface area contributed by atoms with E-state index in [0.29, 0.717) is 15.6 Å². The second-order valence-corrected chi connectivity index (χ2v) is 4.78. The van der Waals surface area contributed by atoms with Gasteiger partial charge in [-0.2, -0.15) is 0 Å². The number of rotatable bonds is 2. The van der Waals surface area contributed by atoms with Crippen LogP contribution in [0.3, 0.4) is 0 Å². The van der Waals surface area contributed by atoms with Gasteiger partial charge in [-0.15, -0.1) is 0 Å². The van der Waals surface area contributed by atoms with Gasteiger partial charge in [0.15, 0.2) is 0 Å². The van der Waals surface area contributed by atoms with Crippen molar-refractivity contribution in [2.24, 2.45) is 0 Å². The minimum absolute atomic E-state index is 0.284. The highest BCUT2D eigenvalue weighted by Gasteiger charge is 2.05. The van der Waals surface area contributed by atoms with Gasteiger partial charge in [0.2, 0.25) is 0 Å². The molecule has 0 spiro atoms. The van der Waals surface area contributed by atoms with Crippen LogP contribution >= 0.6 is 23.2 Å². The van der Waals surface area contributed by atoms with Crippen molar-refractivity contribution in [1.29, 1.82) is 0 Å². The van der Waals surface area contributed by atoms with Gasteiger partial charge in [-0.25, -0.2) is 4.79 Å². The van der Waals surface area contributed by atoms with Crippen LogP contribution in [0.25, 0.3) is 0 Å². The smallest absolute Gasteiger partial charge is 0.296 e. The molecule has 94 valence electrons. The van der Waals surface area contributed by atoms with E-state index in [0.717, 1.165) is 5.56 Å². The first-order valence-corrected chi connectivity index (χ1v) is 5.97. The number of halogens is 2. The Balaban J connectivity index is 2.43. The summed E-state index contributed by atoms with van der Waals surface area (Å²) in [4.78, 5) is 25.1. The fraction of sp³-hybridized carbons (Fsp3) is 0.167. The number of hydrogen-bond donors (Lipinski definition) is 1. The number of aromatic amines is 1. The summed E-state index contributed by atoms with van der Waals surface area (Å²) in [7, 11) is 0. The number of aryl methyl sites for hydroxylation is 1. The zero-order chi connectivity index (χ0) is 13.3. The van der Waals surface area contributed by atoms with E-state index >= 15 is 0 Å². The predicted molar refractivity (Wildman–Crippen MR) is 71.6 cm³/mol. The largest absolute Gasteiger partial charge is 0.328 e. The van der Waals surface area contributed by atoms with Crippen LogP contribution in [0.15, 0.2) is 34.0 Å². The summed E-state index contributed by atoms with van der Waals surface area (Å²) in [6, 6.07) is 5.06. The molecule has 0 aliphatic carbocycles. The third-order valence-corrected chi connectivity index (χ3v) is 3.13.